The summed E-state index contributed by atoms with van der Waals surface area (Å²) in [6.07, 6.45) is 1.94. The molecule has 30 heavy (non-hydrogen) atoms. The van der Waals surface area contributed by atoms with Gasteiger partial charge in [0.1, 0.15) is 15.6 Å². The van der Waals surface area contributed by atoms with E-state index in [1.807, 2.05) is 49.5 Å². The van der Waals surface area contributed by atoms with Gasteiger partial charge >= 0.3 is 5.97 Å². The van der Waals surface area contributed by atoms with Crippen molar-refractivity contribution in [2.75, 3.05) is 13.7 Å². The molecule has 0 radical (unpaired) electrons. The molecule has 0 N–H and O–H groups in total. The minimum atomic E-state index is -0.331. The Morgan fingerprint density at radius 3 is 2.83 bits per heavy atom. The number of fused-ring (bicyclic) bond motifs is 1. The SMILES string of the molecule is CCOC(=O)c1sc(-c2ccc3c(c2)c(Cl)cn3Cc2cccc(OC)c2)nc1C. The van der Waals surface area contributed by atoms with Gasteiger partial charge in [0.2, 0.25) is 0 Å². The molecule has 0 aliphatic carbocycles. The second kappa shape index (κ2) is 8.50. The molecule has 4 aromatic rings. The fourth-order valence-corrected chi connectivity index (χ4v) is 4.62. The normalized spacial score (nSPS) is 11.1. The van der Waals surface area contributed by atoms with Crippen molar-refractivity contribution in [1.29, 1.82) is 0 Å². The van der Waals surface area contributed by atoms with E-state index in [0.29, 0.717) is 28.7 Å². The van der Waals surface area contributed by atoms with Crippen LogP contribution in [0.4, 0.5) is 0 Å². The third-order valence-electron chi connectivity index (χ3n) is 4.82. The number of esters is 1. The smallest absolute Gasteiger partial charge is 0.350 e. The number of aromatic nitrogens is 2. The minimum absolute atomic E-state index is 0.331. The second-order valence-electron chi connectivity index (χ2n) is 6.84. The number of ether oxygens (including phenoxy) is 2. The average Bonchev–Trinajstić information content (AvgIpc) is 3.28. The molecule has 2 aromatic carbocycles. The van der Waals surface area contributed by atoms with Crippen LogP contribution in [-0.2, 0) is 11.3 Å². The monoisotopic (exact) mass is 440 g/mol. The molecule has 0 unspecified atom stereocenters. The lowest BCUT2D eigenvalue weighted by atomic mass is 10.1. The molecule has 4 rings (SSSR count). The van der Waals surface area contributed by atoms with E-state index in [2.05, 4.69) is 15.6 Å². The van der Waals surface area contributed by atoms with Crippen LogP contribution in [0.5, 0.6) is 5.75 Å². The number of carbonyl (C=O) groups is 1. The Morgan fingerprint density at radius 1 is 1.23 bits per heavy atom. The summed E-state index contributed by atoms with van der Waals surface area (Å²) in [5.41, 5.74) is 3.76. The van der Waals surface area contributed by atoms with E-state index >= 15 is 0 Å². The number of thiazole rings is 1. The van der Waals surface area contributed by atoms with Gasteiger partial charge in [-0.1, -0.05) is 23.7 Å². The summed E-state index contributed by atoms with van der Waals surface area (Å²) in [6, 6.07) is 14.1. The number of hydrogen-bond acceptors (Lipinski definition) is 5. The first kappa shape index (κ1) is 20.4. The largest absolute Gasteiger partial charge is 0.497 e. The average molecular weight is 441 g/mol. The summed E-state index contributed by atoms with van der Waals surface area (Å²) >= 11 is 7.89. The molecule has 0 amide bonds. The van der Waals surface area contributed by atoms with Crippen molar-refractivity contribution in [3.05, 3.63) is 69.8 Å². The molecule has 0 spiro atoms. The van der Waals surface area contributed by atoms with Gasteiger partial charge in [-0.2, -0.15) is 0 Å². The van der Waals surface area contributed by atoms with Gasteiger partial charge in [-0.05, 0) is 49.7 Å². The Labute approximate surface area is 183 Å². The quantitative estimate of drug-likeness (QED) is 0.347. The molecular weight excluding hydrogens is 420 g/mol. The van der Waals surface area contributed by atoms with Gasteiger partial charge in [-0.3, -0.25) is 0 Å². The molecule has 0 aliphatic rings. The van der Waals surface area contributed by atoms with Gasteiger partial charge in [0.25, 0.3) is 0 Å². The van der Waals surface area contributed by atoms with Crippen LogP contribution in [0.25, 0.3) is 21.5 Å². The lowest BCUT2D eigenvalue weighted by Gasteiger charge is -2.08. The van der Waals surface area contributed by atoms with Crippen molar-refractivity contribution >= 4 is 39.8 Å². The summed E-state index contributed by atoms with van der Waals surface area (Å²) < 4.78 is 12.6. The number of methoxy groups -OCH3 is 1. The molecule has 0 aliphatic heterocycles. The van der Waals surface area contributed by atoms with E-state index in [9.17, 15) is 4.79 Å². The third-order valence-corrected chi connectivity index (χ3v) is 6.31. The predicted octanol–water partition coefficient (Wildman–Crippen LogP) is 5.96. The highest BCUT2D eigenvalue weighted by Crippen LogP contribution is 2.34. The number of hydrogen-bond donors (Lipinski definition) is 0. The van der Waals surface area contributed by atoms with E-state index in [0.717, 1.165) is 32.8 Å². The molecule has 5 nitrogen and oxygen atoms in total. The molecule has 0 saturated carbocycles. The summed E-state index contributed by atoms with van der Waals surface area (Å²) in [6.45, 7) is 4.64. The highest BCUT2D eigenvalue weighted by molar-refractivity contribution is 7.17. The van der Waals surface area contributed by atoms with E-state index < -0.39 is 0 Å². The standard InChI is InChI=1S/C23H21ClN2O3S/c1-4-29-23(27)21-14(2)25-22(30-21)16-8-9-20-18(11-16)19(24)13-26(20)12-15-6-5-7-17(10-15)28-3/h5-11,13H,4,12H2,1-3H3. The van der Waals surface area contributed by atoms with E-state index in [1.165, 1.54) is 11.3 Å². The van der Waals surface area contributed by atoms with Gasteiger partial charge in [0.05, 0.1) is 24.4 Å². The van der Waals surface area contributed by atoms with E-state index in [4.69, 9.17) is 21.1 Å². The van der Waals surface area contributed by atoms with Gasteiger partial charge < -0.3 is 14.0 Å². The van der Waals surface area contributed by atoms with Crippen LogP contribution in [0.15, 0.2) is 48.7 Å². The van der Waals surface area contributed by atoms with Crippen molar-refractivity contribution in [3.63, 3.8) is 0 Å². The van der Waals surface area contributed by atoms with Gasteiger partial charge in [0.15, 0.2) is 0 Å². The lowest BCUT2D eigenvalue weighted by molar-refractivity contribution is 0.0531. The predicted molar refractivity (Wildman–Crippen MR) is 121 cm³/mol. The van der Waals surface area contributed by atoms with E-state index in [1.54, 1.807) is 14.0 Å². The van der Waals surface area contributed by atoms with Gasteiger partial charge in [-0.25, -0.2) is 9.78 Å². The van der Waals surface area contributed by atoms with Crippen LogP contribution in [0, 0.1) is 6.92 Å². The summed E-state index contributed by atoms with van der Waals surface area (Å²) in [5.74, 6) is 0.496. The topological polar surface area (TPSA) is 53.4 Å². The number of benzene rings is 2. The summed E-state index contributed by atoms with van der Waals surface area (Å²) in [4.78, 5) is 17.2. The Balaban J connectivity index is 1.68. The first-order valence-electron chi connectivity index (χ1n) is 9.56. The van der Waals surface area contributed by atoms with Crippen LogP contribution >= 0.6 is 22.9 Å². The molecule has 2 aromatic heterocycles. The molecule has 0 atom stereocenters. The Kier molecular flexibility index (Phi) is 5.79. The number of aryl methyl sites for hydroxylation is 1. The van der Waals surface area contributed by atoms with Crippen LogP contribution in [-0.4, -0.2) is 29.2 Å². The first-order chi connectivity index (χ1) is 14.5. The maximum absolute atomic E-state index is 12.1. The number of halogens is 1. The third kappa shape index (κ3) is 3.93. The highest BCUT2D eigenvalue weighted by Gasteiger charge is 2.18. The fourth-order valence-electron chi connectivity index (χ4n) is 3.39. The molecule has 0 saturated heterocycles. The number of nitrogens with zero attached hydrogens (tertiary/aromatic N) is 2. The Morgan fingerprint density at radius 2 is 2.07 bits per heavy atom. The molecule has 0 fully saturated rings. The molecule has 0 bridgehead atoms. The summed E-state index contributed by atoms with van der Waals surface area (Å²) in [7, 11) is 1.66. The zero-order valence-electron chi connectivity index (χ0n) is 16.9. The van der Waals surface area contributed by atoms with Crippen molar-refractivity contribution in [2.24, 2.45) is 0 Å². The maximum atomic E-state index is 12.1. The number of rotatable bonds is 6. The van der Waals surface area contributed by atoms with Crippen LogP contribution in [0.3, 0.4) is 0 Å². The molecular formula is C23H21ClN2O3S. The molecule has 154 valence electrons. The number of carbonyl (C=O) groups excluding carboxylic acids is 1. The fraction of sp³-hybridized carbons (Fsp3) is 0.217. The lowest BCUT2D eigenvalue weighted by Crippen LogP contribution is -2.03. The first-order valence-corrected chi connectivity index (χ1v) is 10.8. The zero-order chi connectivity index (χ0) is 21.3. The highest BCUT2D eigenvalue weighted by atomic mass is 35.5. The van der Waals surface area contributed by atoms with Crippen LogP contribution < -0.4 is 4.74 Å². The maximum Gasteiger partial charge on any atom is 0.350 e. The van der Waals surface area contributed by atoms with E-state index in [-0.39, 0.29) is 5.97 Å². The van der Waals surface area contributed by atoms with Crippen molar-refractivity contribution in [2.45, 2.75) is 20.4 Å². The van der Waals surface area contributed by atoms with Crippen molar-refractivity contribution in [3.8, 4) is 16.3 Å². The summed E-state index contributed by atoms with van der Waals surface area (Å²) in [5, 5.41) is 2.39. The minimum Gasteiger partial charge on any atom is -0.497 e. The van der Waals surface area contributed by atoms with Crippen LogP contribution in [0.1, 0.15) is 27.9 Å². The molecule has 7 heteroatoms. The van der Waals surface area contributed by atoms with Gasteiger partial charge in [-0.15, -0.1) is 11.3 Å². The van der Waals surface area contributed by atoms with Crippen LogP contribution in [0.2, 0.25) is 5.02 Å². The Hall–Kier alpha value is -2.83. The Bertz CT molecular complexity index is 1230. The zero-order valence-corrected chi connectivity index (χ0v) is 18.5. The second-order valence-corrected chi connectivity index (χ2v) is 8.25. The van der Waals surface area contributed by atoms with Crippen molar-refractivity contribution < 1.29 is 14.3 Å². The molecule has 2 heterocycles. The van der Waals surface area contributed by atoms with Gasteiger partial charge in [0, 0.05) is 29.2 Å². The van der Waals surface area contributed by atoms with Crippen molar-refractivity contribution in [1.82, 2.24) is 9.55 Å².